The fourth-order valence-corrected chi connectivity index (χ4v) is 2.92. The second kappa shape index (κ2) is 6.19. The molecule has 20 heavy (non-hydrogen) atoms. The van der Waals surface area contributed by atoms with Gasteiger partial charge < -0.3 is 5.32 Å². The van der Waals surface area contributed by atoms with Crippen LogP contribution >= 0.6 is 11.6 Å². The van der Waals surface area contributed by atoms with Crippen LogP contribution in [0.2, 0.25) is 5.02 Å². The molecule has 0 heterocycles. The Morgan fingerprint density at radius 2 is 2.10 bits per heavy atom. The first kappa shape index (κ1) is 16.4. The van der Waals surface area contributed by atoms with Crippen molar-refractivity contribution in [3.8, 4) is 0 Å². The monoisotopic (exact) mass is 320 g/mol. The van der Waals surface area contributed by atoms with E-state index in [0.29, 0.717) is 0 Å². The minimum Gasteiger partial charge on any atom is -0.348 e. The number of carbonyl (C=O) groups is 1. The molecule has 1 atom stereocenters. The number of sulfone groups is 1. The van der Waals surface area contributed by atoms with Gasteiger partial charge in [-0.2, -0.15) is 0 Å². The number of rotatable bonds is 5. The molecule has 0 aliphatic carbocycles. The highest BCUT2D eigenvalue weighted by atomic mass is 35.5. The van der Waals surface area contributed by atoms with E-state index in [9.17, 15) is 23.3 Å². The Morgan fingerprint density at radius 3 is 2.60 bits per heavy atom. The summed E-state index contributed by atoms with van der Waals surface area (Å²) in [6.45, 7) is 1.50. The van der Waals surface area contributed by atoms with Gasteiger partial charge in [0.05, 0.1) is 10.7 Å². The molecule has 0 spiro atoms. The van der Waals surface area contributed by atoms with Gasteiger partial charge in [-0.05, 0) is 19.1 Å². The third-order valence-corrected chi connectivity index (χ3v) is 3.75. The molecule has 0 aromatic heterocycles. The van der Waals surface area contributed by atoms with Gasteiger partial charge in [-0.15, -0.1) is 0 Å². The van der Waals surface area contributed by atoms with Crippen molar-refractivity contribution >= 4 is 33.0 Å². The maximum absolute atomic E-state index is 11.9. The van der Waals surface area contributed by atoms with Gasteiger partial charge in [0.2, 0.25) is 0 Å². The highest BCUT2D eigenvalue weighted by Crippen LogP contribution is 2.28. The molecule has 1 aromatic carbocycles. The van der Waals surface area contributed by atoms with E-state index in [0.717, 1.165) is 6.26 Å². The number of hydrogen-bond acceptors (Lipinski definition) is 5. The average Bonchev–Trinajstić information content (AvgIpc) is 2.24. The molecule has 0 radical (unpaired) electrons. The van der Waals surface area contributed by atoms with Crippen LogP contribution in [0, 0.1) is 10.1 Å². The highest BCUT2D eigenvalue weighted by molar-refractivity contribution is 7.90. The maximum atomic E-state index is 11.9. The molecular weight excluding hydrogens is 308 g/mol. The summed E-state index contributed by atoms with van der Waals surface area (Å²) in [6, 6.07) is 3.30. The molecule has 9 heteroatoms. The van der Waals surface area contributed by atoms with E-state index in [-0.39, 0.29) is 16.3 Å². The normalized spacial score (nSPS) is 12.8. The Kier molecular flexibility index (Phi) is 5.07. The smallest absolute Gasteiger partial charge is 0.300 e. The van der Waals surface area contributed by atoms with E-state index in [1.807, 2.05) is 0 Å². The van der Waals surface area contributed by atoms with Gasteiger partial charge in [0, 0.05) is 12.3 Å². The Hall–Kier alpha value is -1.67. The zero-order chi connectivity index (χ0) is 15.5. The fraction of sp³-hybridized carbons (Fsp3) is 0.364. The summed E-state index contributed by atoms with van der Waals surface area (Å²) in [5.41, 5.74) is -0.707. The van der Waals surface area contributed by atoms with Crippen molar-refractivity contribution in [3.05, 3.63) is 38.9 Å². The predicted octanol–water partition coefficient (Wildman–Crippen LogP) is 1.41. The van der Waals surface area contributed by atoms with Gasteiger partial charge in [-0.25, -0.2) is 8.42 Å². The number of nitro benzene ring substituents is 1. The van der Waals surface area contributed by atoms with Gasteiger partial charge in [0.25, 0.3) is 5.91 Å². The second-order valence-corrected chi connectivity index (χ2v) is 6.95. The van der Waals surface area contributed by atoms with E-state index in [1.54, 1.807) is 0 Å². The van der Waals surface area contributed by atoms with Gasteiger partial charge in [-0.3, -0.25) is 14.9 Å². The van der Waals surface area contributed by atoms with Gasteiger partial charge >= 0.3 is 5.69 Å². The number of benzene rings is 1. The number of nitrogens with one attached hydrogen (secondary N) is 1. The minimum absolute atomic E-state index is 0.154. The summed E-state index contributed by atoms with van der Waals surface area (Å²) in [7, 11) is -3.26. The highest BCUT2D eigenvalue weighted by Gasteiger charge is 2.24. The molecule has 1 unspecified atom stereocenters. The molecule has 0 bridgehead atoms. The number of hydrogen-bond donors (Lipinski definition) is 1. The lowest BCUT2D eigenvalue weighted by atomic mass is 10.1. The summed E-state index contributed by atoms with van der Waals surface area (Å²) in [5.74, 6) is -0.997. The molecule has 0 saturated carbocycles. The van der Waals surface area contributed by atoms with Crippen LogP contribution in [-0.2, 0) is 9.84 Å². The van der Waals surface area contributed by atoms with E-state index >= 15 is 0 Å². The van der Waals surface area contributed by atoms with Crippen LogP contribution in [0.15, 0.2) is 18.2 Å². The van der Waals surface area contributed by atoms with E-state index in [4.69, 9.17) is 11.6 Å². The predicted molar refractivity (Wildman–Crippen MR) is 74.7 cm³/mol. The van der Waals surface area contributed by atoms with Crippen molar-refractivity contribution in [1.82, 2.24) is 5.32 Å². The summed E-state index contributed by atoms with van der Waals surface area (Å²) >= 11 is 5.69. The molecule has 0 aliphatic rings. The third kappa shape index (κ3) is 4.46. The Bertz CT molecular complexity index is 644. The average molecular weight is 321 g/mol. The summed E-state index contributed by atoms with van der Waals surface area (Å²) in [6.07, 6.45) is 1.04. The Balaban J connectivity index is 2.99. The van der Waals surface area contributed by atoms with Gasteiger partial charge in [-0.1, -0.05) is 17.7 Å². The van der Waals surface area contributed by atoms with Crippen LogP contribution in [0.4, 0.5) is 5.69 Å². The molecule has 0 saturated heterocycles. The molecule has 1 aromatic rings. The molecule has 7 nitrogen and oxygen atoms in total. The second-order valence-electron chi connectivity index (χ2n) is 4.36. The molecule has 1 N–H and O–H groups in total. The molecule has 0 fully saturated rings. The molecule has 1 rings (SSSR count). The molecule has 0 aliphatic heterocycles. The lowest BCUT2D eigenvalue weighted by Crippen LogP contribution is -2.37. The van der Waals surface area contributed by atoms with Crippen molar-refractivity contribution in [1.29, 1.82) is 0 Å². The van der Waals surface area contributed by atoms with E-state index in [1.165, 1.54) is 25.1 Å². The van der Waals surface area contributed by atoms with Crippen LogP contribution in [0.3, 0.4) is 0 Å². The lowest BCUT2D eigenvalue weighted by molar-refractivity contribution is -0.385. The molecular formula is C11H13ClN2O5S. The van der Waals surface area contributed by atoms with Crippen LogP contribution < -0.4 is 5.32 Å². The van der Waals surface area contributed by atoms with Crippen molar-refractivity contribution in [2.45, 2.75) is 13.0 Å². The zero-order valence-electron chi connectivity index (χ0n) is 10.8. The maximum Gasteiger partial charge on any atom is 0.300 e. The van der Waals surface area contributed by atoms with Crippen LogP contribution in [0.5, 0.6) is 0 Å². The third-order valence-electron chi connectivity index (χ3n) is 2.34. The first-order valence-corrected chi connectivity index (χ1v) is 7.97. The first-order valence-electron chi connectivity index (χ1n) is 5.53. The van der Waals surface area contributed by atoms with Crippen molar-refractivity contribution in [3.63, 3.8) is 0 Å². The largest absolute Gasteiger partial charge is 0.348 e. The molecule has 1 amide bonds. The van der Waals surface area contributed by atoms with Crippen LogP contribution in [0.25, 0.3) is 0 Å². The van der Waals surface area contributed by atoms with Crippen molar-refractivity contribution in [2.75, 3.05) is 12.0 Å². The van der Waals surface area contributed by atoms with Gasteiger partial charge in [0.1, 0.15) is 20.4 Å². The Labute approximate surface area is 121 Å². The van der Waals surface area contributed by atoms with E-state index < -0.39 is 32.4 Å². The SMILES string of the molecule is CC(CS(C)(=O)=O)NC(=O)c1cccc(Cl)c1[N+](=O)[O-]. The fourth-order valence-electron chi connectivity index (χ4n) is 1.68. The Morgan fingerprint density at radius 1 is 1.50 bits per heavy atom. The van der Waals surface area contributed by atoms with Gasteiger partial charge in [0.15, 0.2) is 0 Å². The number of amides is 1. The zero-order valence-corrected chi connectivity index (χ0v) is 12.4. The first-order chi connectivity index (χ1) is 9.11. The quantitative estimate of drug-likeness (QED) is 0.652. The topological polar surface area (TPSA) is 106 Å². The van der Waals surface area contributed by atoms with E-state index in [2.05, 4.69) is 5.32 Å². The summed E-state index contributed by atoms with van der Waals surface area (Å²) < 4.78 is 22.2. The number of nitrogens with zero attached hydrogens (tertiary/aromatic N) is 1. The molecule has 110 valence electrons. The van der Waals surface area contributed by atoms with Crippen molar-refractivity contribution in [2.24, 2.45) is 0 Å². The van der Waals surface area contributed by atoms with Crippen LogP contribution in [0.1, 0.15) is 17.3 Å². The minimum atomic E-state index is -3.26. The standard InChI is InChI=1S/C11H13ClN2O5S/c1-7(6-20(2,18)19)13-11(15)8-4-3-5-9(12)10(8)14(16)17/h3-5,7H,6H2,1-2H3,(H,13,15). The number of halogens is 1. The van der Waals surface area contributed by atoms with Crippen molar-refractivity contribution < 1.29 is 18.1 Å². The number of carbonyl (C=O) groups excluding carboxylic acids is 1. The number of para-hydroxylation sites is 1. The number of nitro groups is 1. The summed E-state index contributed by atoms with van der Waals surface area (Å²) in [4.78, 5) is 22.1. The summed E-state index contributed by atoms with van der Waals surface area (Å²) in [5, 5.41) is 13.1. The van der Waals surface area contributed by atoms with Crippen LogP contribution in [-0.4, -0.2) is 37.3 Å². The lowest BCUT2D eigenvalue weighted by Gasteiger charge is -2.13.